The molecule has 1 aromatic rings. The summed E-state index contributed by atoms with van der Waals surface area (Å²) in [6.45, 7) is 8.13. The standard InChI is InChI=1S/C15H20N2O2/c1-10-14(19)16-9-13(18)17(10)12-8-6-5-7-11(12)15(2,3)4/h5-8,10H,9H2,1-4H3,(H,16,19). The van der Waals surface area contributed by atoms with Crippen molar-refractivity contribution in [1.82, 2.24) is 5.32 Å². The van der Waals surface area contributed by atoms with Crippen molar-refractivity contribution >= 4 is 17.5 Å². The third-order valence-electron chi connectivity index (χ3n) is 3.42. The van der Waals surface area contributed by atoms with Crippen molar-refractivity contribution in [2.24, 2.45) is 0 Å². The Hall–Kier alpha value is -1.84. The van der Waals surface area contributed by atoms with Crippen LogP contribution >= 0.6 is 0 Å². The molecule has 1 N–H and O–H groups in total. The molecule has 1 aliphatic rings. The third-order valence-corrected chi connectivity index (χ3v) is 3.42. The van der Waals surface area contributed by atoms with Gasteiger partial charge in [-0.2, -0.15) is 0 Å². The molecular formula is C15H20N2O2. The summed E-state index contributed by atoms with van der Waals surface area (Å²) in [5, 5.41) is 2.61. The van der Waals surface area contributed by atoms with E-state index in [2.05, 4.69) is 26.1 Å². The number of para-hydroxylation sites is 1. The quantitative estimate of drug-likeness (QED) is 0.837. The van der Waals surface area contributed by atoms with Crippen LogP contribution in [-0.4, -0.2) is 24.4 Å². The number of nitrogens with one attached hydrogen (secondary N) is 1. The first kappa shape index (κ1) is 13.6. The monoisotopic (exact) mass is 260 g/mol. The fourth-order valence-electron chi connectivity index (χ4n) is 2.39. The van der Waals surface area contributed by atoms with Gasteiger partial charge in [-0.25, -0.2) is 0 Å². The minimum Gasteiger partial charge on any atom is -0.345 e. The van der Waals surface area contributed by atoms with Gasteiger partial charge in [-0.05, 0) is 24.0 Å². The van der Waals surface area contributed by atoms with E-state index in [0.717, 1.165) is 11.3 Å². The average Bonchev–Trinajstić information content (AvgIpc) is 2.34. The molecule has 0 spiro atoms. The third kappa shape index (κ3) is 2.48. The van der Waals surface area contributed by atoms with Crippen molar-refractivity contribution < 1.29 is 9.59 Å². The molecule has 1 fully saturated rings. The average molecular weight is 260 g/mol. The van der Waals surface area contributed by atoms with Crippen molar-refractivity contribution in [1.29, 1.82) is 0 Å². The molecule has 4 heteroatoms. The normalized spacial score (nSPS) is 20.4. The summed E-state index contributed by atoms with van der Waals surface area (Å²) in [6, 6.07) is 7.32. The summed E-state index contributed by atoms with van der Waals surface area (Å²) in [5.74, 6) is -0.174. The molecule has 0 aliphatic carbocycles. The molecule has 1 aliphatic heterocycles. The Kier molecular flexibility index (Phi) is 3.35. The van der Waals surface area contributed by atoms with Crippen LogP contribution in [-0.2, 0) is 15.0 Å². The molecular weight excluding hydrogens is 240 g/mol. The molecule has 102 valence electrons. The molecule has 1 atom stereocenters. The predicted molar refractivity (Wildman–Crippen MR) is 75.1 cm³/mol. The summed E-state index contributed by atoms with van der Waals surface area (Å²) in [5.41, 5.74) is 1.83. The molecule has 0 radical (unpaired) electrons. The van der Waals surface area contributed by atoms with E-state index in [0.29, 0.717) is 0 Å². The lowest BCUT2D eigenvalue weighted by molar-refractivity contribution is -0.130. The lowest BCUT2D eigenvalue weighted by Crippen LogP contribution is -2.57. The van der Waals surface area contributed by atoms with E-state index in [9.17, 15) is 9.59 Å². The first-order chi connectivity index (χ1) is 8.82. The highest BCUT2D eigenvalue weighted by molar-refractivity contribution is 6.06. The van der Waals surface area contributed by atoms with Crippen LogP contribution in [0.1, 0.15) is 33.3 Å². The number of piperazine rings is 1. The van der Waals surface area contributed by atoms with Gasteiger partial charge in [-0.1, -0.05) is 39.0 Å². The molecule has 1 aromatic carbocycles. The molecule has 4 nitrogen and oxygen atoms in total. The van der Waals surface area contributed by atoms with E-state index in [4.69, 9.17) is 0 Å². The lowest BCUT2D eigenvalue weighted by Gasteiger charge is -2.36. The highest BCUT2D eigenvalue weighted by Crippen LogP contribution is 2.33. The van der Waals surface area contributed by atoms with Crippen LogP contribution in [0.4, 0.5) is 5.69 Å². The Balaban J connectivity index is 2.51. The maximum absolute atomic E-state index is 12.1. The molecule has 2 amide bonds. The number of hydrogen-bond acceptors (Lipinski definition) is 2. The highest BCUT2D eigenvalue weighted by Gasteiger charge is 2.34. The van der Waals surface area contributed by atoms with Gasteiger partial charge in [0.2, 0.25) is 11.8 Å². The number of hydrogen-bond donors (Lipinski definition) is 1. The first-order valence-corrected chi connectivity index (χ1v) is 6.51. The van der Waals surface area contributed by atoms with E-state index < -0.39 is 6.04 Å². The van der Waals surface area contributed by atoms with Crippen LogP contribution in [0, 0.1) is 0 Å². The Labute approximate surface area is 113 Å². The summed E-state index contributed by atoms with van der Waals surface area (Å²) < 4.78 is 0. The SMILES string of the molecule is CC1C(=O)NCC(=O)N1c1ccccc1C(C)(C)C. The molecule has 0 aromatic heterocycles. The second-order valence-corrected chi connectivity index (χ2v) is 5.92. The molecule has 19 heavy (non-hydrogen) atoms. The van der Waals surface area contributed by atoms with Gasteiger partial charge in [0.1, 0.15) is 6.04 Å². The number of amides is 2. The Morgan fingerprint density at radius 2 is 1.84 bits per heavy atom. The Bertz CT molecular complexity index is 517. The van der Waals surface area contributed by atoms with Crippen LogP contribution in [0.3, 0.4) is 0 Å². The number of carbonyl (C=O) groups is 2. The van der Waals surface area contributed by atoms with Gasteiger partial charge >= 0.3 is 0 Å². The zero-order valence-corrected chi connectivity index (χ0v) is 11.9. The van der Waals surface area contributed by atoms with Crippen molar-refractivity contribution in [2.45, 2.75) is 39.2 Å². The van der Waals surface area contributed by atoms with Crippen LogP contribution in [0.5, 0.6) is 0 Å². The fraction of sp³-hybridized carbons (Fsp3) is 0.467. The maximum atomic E-state index is 12.1. The van der Waals surface area contributed by atoms with E-state index in [-0.39, 0.29) is 23.8 Å². The lowest BCUT2D eigenvalue weighted by atomic mass is 9.85. The zero-order chi connectivity index (χ0) is 14.2. The van der Waals surface area contributed by atoms with Crippen molar-refractivity contribution in [3.8, 4) is 0 Å². The van der Waals surface area contributed by atoms with Gasteiger partial charge in [-0.3, -0.25) is 14.5 Å². The molecule has 0 bridgehead atoms. The number of carbonyl (C=O) groups excluding carboxylic acids is 2. The van der Waals surface area contributed by atoms with Crippen LogP contribution in [0.2, 0.25) is 0 Å². The van der Waals surface area contributed by atoms with Gasteiger partial charge in [0.15, 0.2) is 0 Å². The summed E-state index contributed by atoms with van der Waals surface area (Å²) in [4.78, 5) is 25.5. The van der Waals surface area contributed by atoms with Gasteiger partial charge in [-0.15, -0.1) is 0 Å². The van der Waals surface area contributed by atoms with Gasteiger partial charge < -0.3 is 5.32 Å². The maximum Gasteiger partial charge on any atom is 0.247 e. The minimum absolute atomic E-state index is 0.0659. The molecule has 0 saturated carbocycles. The van der Waals surface area contributed by atoms with E-state index in [1.807, 2.05) is 24.3 Å². The van der Waals surface area contributed by atoms with E-state index in [1.54, 1.807) is 11.8 Å². The van der Waals surface area contributed by atoms with Gasteiger partial charge in [0.05, 0.1) is 6.54 Å². The molecule has 1 unspecified atom stereocenters. The second kappa shape index (κ2) is 4.68. The topological polar surface area (TPSA) is 49.4 Å². The Morgan fingerprint density at radius 1 is 1.21 bits per heavy atom. The Morgan fingerprint density at radius 3 is 2.47 bits per heavy atom. The predicted octanol–water partition coefficient (Wildman–Crippen LogP) is 1.84. The number of nitrogens with zero attached hydrogens (tertiary/aromatic N) is 1. The fourth-order valence-corrected chi connectivity index (χ4v) is 2.39. The smallest absolute Gasteiger partial charge is 0.247 e. The summed E-state index contributed by atoms with van der Waals surface area (Å²) in [6.07, 6.45) is 0. The first-order valence-electron chi connectivity index (χ1n) is 6.51. The van der Waals surface area contributed by atoms with Gasteiger partial charge in [0.25, 0.3) is 0 Å². The summed E-state index contributed by atoms with van der Waals surface area (Å²) >= 11 is 0. The van der Waals surface area contributed by atoms with E-state index >= 15 is 0 Å². The number of benzene rings is 1. The molecule has 1 saturated heterocycles. The van der Waals surface area contributed by atoms with Crippen molar-refractivity contribution in [3.63, 3.8) is 0 Å². The number of rotatable bonds is 1. The van der Waals surface area contributed by atoms with Crippen LogP contribution < -0.4 is 10.2 Å². The second-order valence-electron chi connectivity index (χ2n) is 5.92. The van der Waals surface area contributed by atoms with Crippen LogP contribution in [0.15, 0.2) is 24.3 Å². The van der Waals surface area contributed by atoms with E-state index in [1.165, 1.54) is 0 Å². The molecule has 1 heterocycles. The van der Waals surface area contributed by atoms with Crippen molar-refractivity contribution in [2.75, 3.05) is 11.4 Å². The molecule has 2 rings (SSSR count). The zero-order valence-electron chi connectivity index (χ0n) is 11.9. The number of anilines is 1. The minimum atomic E-state index is -0.468. The van der Waals surface area contributed by atoms with Crippen molar-refractivity contribution in [3.05, 3.63) is 29.8 Å². The largest absolute Gasteiger partial charge is 0.345 e. The summed E-state index contributed by atoms with van der Waals surface area (Å²) in [7, 11) is 0. The van der Waals surface area contributed by atoms with Crippen LogP contribution in [0.25, 0.3) is 0 Å². The highest BCUT2D eigenvalue weighted by atomic mass is 16.2. The van der Waals surface area contributed by atoms with Gasteiger partial charge in [0, 0.05) is 5.69 Å².